The van der Waals surface area contributed by atoms with Crippen LogP contribution in [0.15, 0.2) is 30.3 Å². The molecule has 1 aromatic rings. The van der Waals surface area contributed by atoms with E-state index >= 15 is 0 Å². The third-order valence-electron chi connectivity index (χ3n) is 3.09. The van der Waals surface area contributed by atoms with E-state index in [2.05, 4.69) is 32.9 Å². The quantitative estimate of drug-likeness (QED) is 0.740. The highest BCUT2D eigenvalue weighted by Gasteiger charge is 2.43. The molecule has 82 valence electrons. The molecular weight excluding hydrogens is 188 g/mol. The molecule has 0 spiro atoms. The van der Waals surface area contributed by atoms with Gasteiger partial charge in [-0.1, -0.05) is 37.3 Å². The van der Waals surface area contributed by atoms with Gasteiger partial charge < -0.3 is 9.47 Å². The normalized spacial score (nSPS) is 35.7. The zero-order chi connectivity index (χ0) is 10.9. The minimum absolute atomic E-state index is 0.158. The smallest absolute Gasteiger partial charge is 0.195 e. The van der Waals surface area contributed by atoms with Crippen molar-refractivity contribution in [1.82, 2.24) is 0 Å². The lowest BCUT2D eigenvalue weighted by Crippen LogP contribution is -2.26. The summed E-state index contributed by atoms with van der Waals surface area (Å²) in [6, 6.07) is 10.2. The van der Waals surface area contributed by atoms with Crippen LogP contribution in [0.25, 0.3) is 0 Å². The molecule has 2 nitrogen and oxygen atoms in total. The first-order valence-corrected chi connectivity index (χ1v) is 5.59. The lowest BCUT2D eigenvalue weighted by Gasteiger charge is -2.27. The summed E-state index contributed by atoms with van der Waals surface area (Å²) in [4.78, 5) is 0. The van der Waals surface area contributed by atoms with E-state index in [-0.39, 0.29) is 12.2 Å². The molecule has 2 heteroatoms. The molecule has 0 aliphatic carbocycles. The van der Waals surface area contributed by atoms with Crippen LogP contribution in [0.2, 0.25) is 0 Å². The maximum atomic E-state index is 5.97. The van der Waals surface area contributed by atoms with E-state index in [4.69, 9.17) is 9.47 Å². The van der Waals surface area contributed by atoms with Gasteiger partial charge in [-0.05, 0) is 13.8 Å². The Morgan fingerprint density at radius 3 is 2.07 bits per heavy atom. The minimum atomic E-state index is -0.528. The molecule has 1 aromatic carbocycles. The summed E-state index contributed by atoms with van der Waals surface area (Å²) in [6.45, 7) is 6.22. The maximum absolute atomic E-state index is 5.97. The Morgan fingerprint density at radius 2 is 1.60 bits per heavy atom. The van der Waals surface area contributed by atoms with Gasteiger partial charge in [-0.25, -0.2) is 0 Å². The molecule has 0 saturated carbocycles. The standard InChI is InChI=1S/C13H18O2/c1-4-13(12-8-6-5-7-9-12)14-10(2)11(3)15-13/h5-11H,4H2,1-3H3. The molecule has 0 bridgehead atoms. The molecule has 1 heterocycles. The predicted molar refractivity (Wildman–Crippen MR) is 59.5 cm³/mol. The van der Waals surface area contributed by atoms with Crippen LogP contribution < -0.4 is 0 Å². The van der Waals surface area contributed by atoms with E-state index in [0.29, 0.717) is 0 Å². The first-order valence-electron chi connectivity index (χ1n) is 5.59. The second-order valence-corrected chi connectivity index (χ2v) is 4.12. The van der Waals surface area contributed by atoms with Crippen molar-refractivity contribution in [3.05, 3.63) is 35.9 Å². The van der Waals surface area contributed by atoms with Crippen molar-refractivity contribution < 1.29 is 9.47 Å². The highest BCUT2D eigenvalue weighted by atomic mass is 16.8. The van der Waals surface area contributed by atoms with Crippen LogP contribution in [-0.4, -0.2) is 12.2 Å². The summed E-state index contributed by atoms with van der Waals surface area (Å²) in [7, 11) is 0. The number of benzene rings is 1. The van der Waals surface area contributed by atoms with Crippen LogP contribution in [0, 0.1) is 0 Å². The van der Waals surface area contributed by atoms with Crippen molar-refractivity contribution in [2.45, 2.75) is 45.2 Å². The number of rotatable bonds is 2. The molecule has 2 atom stereocenters. The van der Waals surface area contributed by atoms with Gasteiger partial charge in [0.15, 0.2) is 5.79 Å². The molecule has 2 unspecified atom stereocenters. The van der Waals surface area contributed by atoms with Crippen LogP contribution in [0.1, 0.15) is 32.8 Å². The number of hydrogen-bond donors (Lipinski definition) is 0. The number of ether oxygens (including phenoxy) is 2. The average molecular weight is 206 g/mol. The summed E-state index contributed by atoms with van der Waals surface area (Å²) in [5.41, 5.74) is 1.11. The van der Waals surface area contributed by atoms with E-state index in [1.165, 1.54) is 0 Å². The molecule has 0 N–H and O–H groups in total. The van der Waals surface area contributed by atoms with Crippen LogP contribution in [0.5, 0.6) is 0 Å². The maximum Gasteiger partial charge on any atom is 0.195 e. The Bertz CT molecular complexity index is 311. The van der Waals surface area contributed by atoms with E-state index in [1.807, 2.05) is 18.2 Å². The van der Waals surface area contributed by atoms with Gasteiger partial charge in [0.05, 0.1) is 12.2 Å². The zero-order valence-electron chi connectivity index (χ0n) is 9.57. The van der Waals surface area contributed by atoms with E-state index in [1.54, 1.807) is 0 Å². The highest BCUT2D eigenvalue weighted by Crippen LogP contribution is 2.39. The van der Waals surface area contributed by atoms with E-state index in [0.717, 1.165) is 12.0 Å². The van der Waals surface area contributed by atoms with Crippen molar-refractivity contribution in [3.63, 3.8) is 0 Å². The molecule has 15 heavy (non-hydrogen) atoms. The fourth-order valence-corrected chi connectivity index (χ4v) is 2.02. The van der Waals surface area contributed by atoms with Gasteiger partial charge >= 0.3 is 0 Å². The Labute approximate surface area is 91.2 Å². The van der Waals surface area contributed by atoms with Crippen molar-refractivity contribution in [1.29, 1.82) is 0 Å². The summed E-state index contributed by atoms with van der Waals surface area (Å²) in [5.74, 6) is -0.528. The van der Waals surface area contributed by atoms with E-state index < -0.39 is 5.79 Å². The molecule has 0 radical (unpaired) electrons. The minimum Gasteiger partial charge on any atom is -0.340 e. The Morgan fingerprint density at radius 1 is 1.07 bits per heavy atom. The summed E-state index contributed by atoms with van der Waals surface area (Å²) >= 11 is 0. The van der Waals surface area contributed by atoms with Gasteiger partial charge in [0, 0.05) is 12.0 Å². The average Bonchev–Trinajstić information content (AvgIpc) is 2.57. The predicted octanol–water partition coefficient (Wildman–Crippen LogP) is 3.07. The Balaban J connectivity index is 2.32. The molecule has 0 amide bonds. The molecule has 0 aromatic heterocycles. The Hall–Kier alpha value is -0.860. The summed E-state index contributed by atoms with van der Waals surface area (Å²) < 4.78 is 11.9. The SMILES string of the molecule is CCC1(c2ccccc2)OC(C)C(C)O1. The fraction of sp³-hybridized carbons (Fsp3) is 0.538. The van der Waals surface area contributed by atoms with Gasteiger partial charge in [-0.15, -0.1) is 0 Å². The van der Waals surface area contributed by atoms with Gasteiger partial charge in [-0.2, -0.15) is 0 Å². The lowest BCUT2D eigenvalue weighted by atomic mass is 10.0. The first-order chi connectivity index (χ1) is 7.18. The van der Waals surface area contributed by atoms with Gasteiger partial charge in [0.25, 0.3) is 0 Å². The molecule has 1 saturated heterocycles. The van der Waals surface area contributed by atoms with Crippen molar-refractivity contribution >= 4 is 0 Å². The molecule has 1 aliphatic rings. The van der Waals surface area contributed by atoms with Crippen molar-refractivity contribution in [2.75, 3.05) is 0 Å². The second-order valence-electron chi connectivity index (χ2n) is 4.12. The van der Waals surface area contributed by atoms with Crippen LogP contribution >= 0.6 is 0 Å². The lowest BCUT2D eigenvalue weighted by molar-refractivity contribution is -0.183. The van der Waals surface area contributed by atoms with Crippen LogP contribution in [-0.2, 0) is 15.3 Å². The van der Waals surface area contributed by atoms with Gasteiger partial charge in [-0.3, -0.25) is 0 Å². The molecule has 1 aliphatic heterocycles. The molecule has 1 fully saturated rings. The van der Waals surface area contributed by atoms with Crippen LogP contribution in [0.4, 0.5) is 0 Å². The number of hydrogen-bond acceptors (Lipinski definition) is 2. The van der Waals surface area contributed by atoms with Gasteiger partial charge in [0.1, 0.15) is 0 Å². The molecule has 2 rings (SSSR count). The topological polar surface area (TPSA) is 18.5 Å². The Kier molecular flexibility index (Phi) is 2.81. The fourth-order valence-electron chi connectivity index (χ4n) is 2.02. The summed E-state index contributed by atoms with van der Waals surface area (Å²) in [5, 5.41) is 0. The first kappa shape index (κ1) is 10.7. The third kappa shape index (κ3) is 1.80. The largest absolute Gasteiger partial charge is 0.340 e. The molecular formula is C13H18O2. The van der Waals surface area contributed by atoms with E-state index in [9.17, 15) is 0 Å². The monoisotopic (exact) mass is 206 g/mol. The summed E-state index contributed by atoms with van der Waals surface area (Å²) in [6.07, 6.45) is 1.15. The highest BCUT2D eigenvalue weighted by molar-refractivity contribution is 5.21. The van der Waals surface area contributed by atoms with Crippen molar-refractivity contribution in [3.8, 4) is 0 Å². The zero-order valence-corrected chi connectivity index (χ0v) is 9.57. The third-order valence-corrected chi connectivity index (χ3v) is 3.09. The van der Waals surface area contributed by atoms with Crippen LogP contribution in [0.3, 0.4) is 0 Å². The van der Waals surface area contributed by atoms with Gasteiger partial charge in [0.2, 0.25) is 0 Å². The van der Waals surface area contributed by atoms with Crippen molar-refractivity contribution in [2.24, 2.45) is 0 Å². The second kappa shape index (κ2) is 3.95.